The van der Waals surface area contributed by atoms with Gasteiger partial charge in [0.15, 0.2) is 0 Å². The molecule has 0 amide bonds. The number of hydrogen-bond donors (Lipinski definition) is 1. The van der Waals surface area contributed by atoms with E-state index >= 15 is 0 Å². The average Bonchev–Trinajstić information content (AvgIpc) is 2.40. The molecule has 0 aliphatic heterocycles. The Labute approximate surface area is 132 Å². The Morgan fingerprint density at radius 1 is 1.25 bits per heavy atom. The molecule has 1 N–H and O–H groups in total. The molecular formula is C15H17BrN2OS. The summed E-state index contributed by atoms with van der Waals surface area (Å²) in [6.45, 7) is 6.39. The van der Waals surface area contributed by atoms with Crippen LogP contribution in [0.4, 0.5) is 0 Å². The van der Waals surface area contributed by atoms with Crippen LogP contribution in [-0.2, 0) is 5.41 Å². The molecule has 0 saturated carbocycles. The first-order valence-electron chi connectivity index (χ1n) is 6.28. The van der Waals surface area contributed by atoms with Crippen LogP contribution in [0.15, 0.2) is 28.7 Å². The molecule has 0 fully saturated rings. The predicted octanol–water partition coefficient (Wildman–Crippen LogP) is 4.87. The summed E-state index contributed by atoms with van der Waals surface area (Å²) in [6.07, 6.45) is 0. The molecular weight excluding hydrogens is 336 g/mol. The van der Waals surface area contributed by atoms with E-state index in [0.717, 1.165) is 27.3 Å². The van der Waals surface area contributed by atoms with Crippen molar-refractivity contribution >= 4 is 28.1 Å². The third kappa shape index (κ3) is 2.94. The molecule has 1 aromatic carbocycles. The van der Waals surface area contributed by atoms with Gasteiger partial charge in [-0.3, -0.25) is 0 Å². The summed E-state index contributed by atoms with van der Waals surface area (Å²) in [5, 5.41) is 0. The fraction of sp³-hybridized carbons (Fsp3) is 0.333. The quantitative estimate of drug-likeness (QED) is 0.783. The third-order valence-corrected chi connectivity index (χ3v) is 4.31. The topological polar surface area (TPSA) is 37.9 Å². The van der Waals surface area contributed by atoms with Gasteiger partial charge >= 0.3 is 0 Å². The van der Waals surface area contributed by atoms with E-state index in [1.54, 1.807) is 7.11 Å². The molecule has 0 unspecified atom stereocenters. The van der Waals surface area contributed by atoms with Gasteiger partial charge in [-0.05, 0) is 28.1 Å². The summed E-state index contributed by atoms with van der Waals surface area (Å²) in [7, 11) is 1.65. The molecule has 1 heterocycles. The second kappa shape index (κ2) is 5.66. The zero-order valence-electron chi connectivity index (χ0n) is 12.0. The second-order valence-electron chi connectivity index (χ2n) is 5.53. The van der Waals surface area contributed by atoms with Crippen LogP contribution in [0.25, 0.3) is 11.4 Å². The van der Waals surface area contributed by atoms with Crippen LogP contribution in [0.3, 0.4) is 0 Å². The van der Waals surface area contributed by atoms with E-state index in [0.29, 0.717) is 4.64 Å². The highest BCUT2D eigenvalue weighted by atomic mass is 79.9. The third-order valence-electron chi connectivity index (χ3n) is 2.98. The largest absolute Gasteiger partial charge is 0.496 e. The summed E-state index contributed by atoms with van der Waals surface area (Å²) in [5.41, 5.74) is 1.86. The molecule has 0 bridgehead atoms. The van der Waals surface area contributed by atoms with Crippen molar-refractivity contribution in [2.24, 2.45) is 0 Å². The van der Waals surface area contributed by atoms with E-state index in [9.17, 15) is 0 Å². The lowest BCUT2D eigenvalue weighted by molar-refractivity contribution is 0.416. The van der Waals surface area contributed by atoms with Crippen molar-refractivity contribution in [1.82, 2.24) is 9.97 Å². The molecule has 0 aliphatic rings. The van der Waals surface area contributed by atoms with Gasteiger partial charge in [0.05, 0.1) is 17.1 Å². The number of benzene rings is 1. The summed E-state index contributed by atoms with van der Waals surface area (Å²) < 4.78 is 6.79. The summed E-state index contributed by atoms with van der Waals surface area (Å²) >= 11 is 8.89. The normalized spacial score (nSPS) is 11.4. The van der Waals surface area contributed by atoms with Gasteiger partial charge < -0.3 is 9.72 Å². The van der Waals surface area contributed by atoms with Gasteiger partial charge in [0, 0.05) is 11.1 Å². The number of aromatic amines is 1. The fourth-order valence-electron chi connectivity index (χ4n) is 1.94. The lowest BCUT2D eigenvalue weighted by Crippen LogP contribution is -2.16. The van der Waals surface area contributed by atoms with Crippen molar-refractivity contribution in [3.8, 4) is 17.1 Å². The van der Waals surface area contributed by atoms with Crippen LogP contribution in [-0.4, -0.2) is 17.1 Å². The average molecular weight is 353 g/mol. The molecule has 5 heteroatoms. The number of nitrogens with zero attached hydrogens (tertiary/aromatic N) is 1. The summed E-state index contributed by atoms with van der Waals surface area (Å²) in [4.78, 5) is 7.84. The SMILES string of the molecule is COc1ccccc1-c1nc(=S)c(Br)c(C(C)(C)C)[nH]1. The number of methoxy groups -OCH3 is 1. The highest BCUT2D eigenvalue weighted by Gasteiger charge is 2.21. The number of para-hydroxylation sites is 1. The lowest BCUT2D eigenvalue weighted by Gasteiger charge is -2.21. The van der Waals surface area contributed by atoms with E-state index in [1.807, 2.05) is 24.3 Å². The van der Waals surface area contributed by atoms with Crippen molar-refractivity contribution in [2.45, 2.75) is 26.2 Å². The standard InChI is InChI=1S/C15H17BrN2OS/c1-15(2,3)12-11(16)14(20)18-13(17-12)9-7-5-6-8-10(9)19-4/h5-8H,1-4H3,(H,17,18,20). The van der Waals surface area contributed by atoms with Crippen LogP contribution in [0.1, 0.15) is 26.5 Å². The number of aromatic nitrogens is 2. The highest BCUT2D eigenvalue weighted by molar-refractivity contribution is 9.10. The molecule has 20 heavy (non-hydrogen) atoms. The predicted molar refractivity (Wildman–Crippen MR) is 87.8 cm³/mol. The van der Waals surface area contributed by atoms with Gasteiger partial charge in [0.2, 0.25) is 0 Å². The first-order chi connectivity index (χ1) is 9.34. The van der Waals surface area contributed by atoms with Gasteiger partial charge in [0.1, 0.15) is 16.2 Å². The minimum absolute atomic E-state index is 0.0634. The Kier molecular flexibility index (Phi) is 4.30. The maximum atomic E-state index is 5.39. The number of nitrogens with one attached hydrogen (secondary N) is 1. The zero-order chi connectivity index (χ0) is 14.9. The van der Waals surface area contributed by atoms with Gasteiger partial charge in [-0.15, -0.1) is 0 Å². The molecule has 0 radical (unpaired) electrons. The number of ether oxygens (including phenoxy) is 1. The highest BCUT2D eigenvalue weighted by Crippen LogP contribution is 2.33. The Morgan fingerprint density at radius 3 is 2.50 bits per heavy atom. The molecule has 0 aliphatic carbocycles. The first-order valence-corrected chi connectivity index (χ1v) is 7.48. The van der Waals surface area contributed by atoms with E-state index in [2.05, 4.69) is 46.7 Å². The minimum atomic E-state index is -0.0634. The Bertz CT molecular complexity index is 689. The van der Waals surface area contributed by atoms with Crippen molar-refractivity contribution < 1.29 is 4.74 Å². The Morgan fingerprint density at radius 2 is 1.90 bits per heavy atom. The van der Waals surface area contributed by atoms with Gasteiger partial charge in [-0.1, -0.05) is 45.1 Å². The minimum Gasteiger partial charge on any atom is -0.496 e. The van der Waals surface area contributed by atoms with Crippen molar-refractivity contribution in [2.75, 3.05) is 7.11 Å². The molecule has 1 aromatic heterocycles. The second-order valence-corrected chi connectivity index (χ2v) is 6.71. The maximum Gasteiger partial charge on any atom is 0.144 e. The van der Waals surface area contributed by atoms with Crippen LogP contribution < -0.4 is 4.74 Å². The Hall–Kier alpha value is -1.20. The van der Waals surface area contributed by atoms with Crippen LogP contribution in [0.2, 0.25) is 0 Å². The molecule has 106 valence electrons. The zero-order valence-corrected chi connectivity index (χ0v) is 14.4. The molecule has 0 saturated heterocycles. The van der Waals surface area contributed by atoms with Gasteiger partial charge in [0.25, 0.3) is 0 Å². The number of hydrogen-bond acceptors (Lipinski definition) is 3. The van der Waals surface area contributed by atoms with Crippen LogP contribution in [0, 0.1) is 4.64 Å². The van der Waals surface area contributed by atoms with Crippen molar-refractivity contribution in [3.05, 3.63) is 39.1 Å². The molecule has 0 spiro atoms. The van der Waals surface area contributed by atoms with Gasteiger partial charge in [-0.25, -0.2) is 4.98 Å². The molecule has 0 atom stereocenters. The van der Waals surface area contributed by atoms with Crippen LogP contribution >= 0.6 is 28.1 Å². The molecule has 2 rings (SSSR count). The maximum absolute atomic E-state index is 5.39. The van der Waals surface area contributed by atoms with Crippen molar-refractivity contribution in [3.63, 3.8) is 0 Å². The monoisotopic (exact) mass is 352 g/mol. The van der Waals surface area contributed by atoms with E-state index in [-0.39, 0.29) is 5.41 Å². The van der Waals surface area contributed by atoms with E-state index in [4.69, 9.17) is 17.0 Å². The lowest BCUT2D eigenvalue weighted by atomic mass is 9.92. The summed E-state index contributed by atoms with van der Waals surface area (Å²) in [6, 6.07) is 7.76. The van der Waals surface area contributed by atoms with Crippen LogP contribution in [0.5, 0.6) is 5.75 Å². The first kappa shape index (κ1) is 15.2. The molecule has 3 nitrogen and oxygen atoms in total. The smallest absolute Gasteiger partial charge is 0.144 e. The van der Waals surface area contributed by atoms with E-state index in [1.165, 1.54) is 0 Å². The van der Waals surface area contributed by atoms with E-state index < -0.39 is 0 Å². The molecule has 2 aromatic rings. The fourth-order valence-corrected chi connectivity index (χ4v) is 2.92. The Balaban J connectivity index is 2.71. The van der Waals surface area contributed by atoms with Crippen molar-refractivity contribution in [1.29, 1.82) is 0 Å². The number of H-pyrrole nitrogens is 1. The number of rotatable bonds is 2. The summed E-state index contributed by atoms with van der Waals surface area (Å²) in [5.74, 6) is 1.49. The van der Waals surface area contributed by atoms with Gasteiger partial charge in [-0.2, -0.15) is 0 Å². The number of halogens is 1.